The molecule has 0 radical (unpaired) electrons. The highest BCUT2D eigenvalue weighted by atomic mass is 32.1. The van der Waals surface area contributed by atoms with Crippen LogP contribution in [0.2, 0.25) is 0 Å². The number of alkyl halides is 9. The third-order valence-corrected chi connectivity index (χ3v) is 6.69. The van der Waals surface area contributed by atoms with Crippen LogP contribution in [0.5, 0.6) is 0 Å². The molecule has 198 valence electrons. The number of rotatable bonds is 4. The van der Waals surface area contributed by atoms with Crippen LogP contribution >= 0.6 is 11.3 Å². The highest BCUT2D eigenvalue weighted by Gasteiger charge is 2.71. The summed E-state index contributed by atoms with van der Waals surface area (Å²) in [5.74, 6) is -2.94. The van der Waals surface area contributed by atoms with Crippen LogP contribution in [0.4, 0.5) is 39.5 Å². The highest BCUT2D eigenvalue weighted by molar-refractivity contribution is 7.17. The molecule has 16 heteroatoms. The maximum atomic E-state index is 13.9. The molecule has 3 rings (SSSR count). The van der Waals surface area contributed by atoms with E-state index in [1.54, 1.807) is 6.92 Å². The van der Waals surface area contributed by atoms with Crippen LogP contribution in [-0.2, 0) is 11.8 Å². The minimum absolute atomic E-state index is 0.0311. The van der Waals surface area contributed by atoms with Gasteiger partial charge in [-0.25, -0.2) is 4.98 Å². The predicted octanol–water partition coefficient (Wildman–Crippen LogP) is 4.13. The second-order valence-electron chi connectivity index (χ2n) is 7.94. The number of carboxylic acid groups (broad SMARTS) is 1. The third kappa shape index (κ3) is 4.63. The second-order valence-corrected chi connectivity index (χ2v) is 8.94. The fraction of sp³-hybridized carbons (Fsp3) is 0.450. The summed E-state index contributed by atoms with van der Waals surface area (Å²) in [6.07, 6.45) is -17.4. The number of carboxylic acids is 1. The van der Waals surface area contributed by atoms with E-state index in [0.717, 1.165) is 0 Å². The number of thiazole rings is 1. The molecule has 1 aromatic carbocycles. The minimum Gasteiger partial charge on any atom is -0.542 e. The Hall–Kier alpha value is -2.88. The lowest BCUT2D eigenvalue weighted by molar-refractivity contribution is -0.376. The van der Waals surface area contributed by atoms with Crippen molar-refractivity contribution in [1.29, 1.82) is 0 Å². The normalized spacial score (nSPS) is 17.5. The number of carbonyl (C=O) groups excluding carboxylic acids is 2. The number of halogens is 9. The van der Waals surface area contributed by atoms with Crippen LogP contribution in [-0.4, -0.2) is 51.8 Å². The first-order valence-electron chi connectivity index (χ1n) is 9.91. The first-order chi connectivity index (χ1) is 16.3. The van der Waals surface area contributed by atoms with E-state index in [-0.39, 0.29) is 30.0 Å². The van der Waals surface area contributed by atoms with Gasteiger partial charge in [0.25, 0.3) is 11.5 Å². The van der Waals surface area contributed by atoms with Crippen molar-refractivity contribution in [1.82, 2.24) is 9.88 Å². The van der Waals surface area contributed by atoms with Gasteiger partial charge in [-0.3, -0.25) is 4.79 Å². The molecule has 0 spiro atoms. The summed E-state index contributed by atoms with van der Waals surface area (Å²) in [7, 11) is 0. The van der Waals surface area contributed by atoms with Gasteiger partial charge in [-0.05, 0) is 25.8 Å². The van der Waals surface area contributed by atoms with Gasteiger partial charge >= 0.3 is 18.5 Å². The van der Waals surface area contributed by atoms with Crippen LogP contribution in [0.25, 0.3) is 10.4 Å². The van der Waals surface area contributed by atoms with Crippen molar-refractivity contribution in [3.8, 4) is 10.4 Å². The number of likely N-dealkylation sites (tertiary alicyclic amines) is 1. The minimum atomic E-state index is -6.45. The number of nitrogens with zero attached hydrogens (tertiary/aromatic N) is 2. The molecule has 0 bridgehead atoms. The monoisotopic (exact) mass is 549 g/mol. The molecular formula is C20H14F9N2O4S-. The highest BCUT2D eigenvalue weighted by Crippen LogP contribution is 2.52. The molecule has 1 N–H and O–H groups in total. The molecule has 1 atom stereocenters. The Bertz CT molecular complexity index is 1170. The maximum Gasteiger partial charge on any atom is 0.430 e. The van der Waals surface area contributed by atoms with E-state index in [1.165, 1.54) is 4.90 Å². The average molecular weight is 549 g/mol. The lowest BCUT2D eigenvalue weighted by Gasteiger charge is -2.33. The molecule has 1 amide bonds. The summed E-state index contributed by atoms with van der Waals surface area (Å²) in [5, 5.41) is 19.9. The van der Waals surface area contributed by atoms with Crippen molar-refractivity contribution in [3.05, 3.63) is 40.0 Å². The first-order valence-corrected chi connectivity index (χ1v) is 10.7. The van der Waals surface area contributed by atoms with Gasteiger partial charge in [0.1, 0.15) is 16.7 Å². The van der Waals surface area contributed by atoms with E-state index in [9.17, 15) is 59.3 Å². The molecule has 36 heavy (non-hydrogen) atoms. The van der Waals surface area contributed by atoms with Gasteiger partial charge in [-0.1, -0.05) is 12.1 Å². The molecule has 0 aliphatic carbocycles. The number of hydrogen-bond donors (Lipinski definition) is 1. The summed E-state index contributed by atoms with van der Waals surface area (Å²) in [6, 6.07) is -0.772. The van der Waals surface area contributed by atoms with Crippen LogP contribution in [0, 0.1) is 0 Å². The summed E-state index contributed by atoms with van der Waals surface area (Å²) in [4.78, 5) is 28.3. The van der Waals surface area contributed by atoms with Crippen molar-refractivity contribution >= 4 is 23.2 Å². The van der Waals surface area contributed by atoms with E-state index in [0.29, 0.717) is 12.8 Å². The third-order valence-electron chi connectivity index (χ3n) is 5.63. The Morgan fingerprint density at radius 1 is 1.08 bits per heavy atom. The Morgan fingerprint density at radius 3 is 2.11 bits per heavy atom. The van der Waals surface area contributed by atoms with Gasteiger partial charge in [0.15, 0.2) is 0 Å². The first kappa shape index (κ1) is 27.7. The number of aliphatic hydroxyl groups is 1. The van der Waals surface area contributed by atoms with Gasteiger partial charge in [0.05, 0.1) is 10.4 Å². The number of benzene rings is 1. The topological polar surface area (TPSA) is 93.6 Å². The molecule has 1 saturated heterocycles. The summed E-state index contributed by atoms with van der Waals surface area (Å²) < 4.78 is 121. The van der Waals surface area contributed by atoms with Crippen molar-refractivity contribution < 1.29 is 59.3 Å². The van der Waals surface area contributed by atoms with Crippen LogP contribution in [0.1, 0.15) is 51.2 Å². The fourth-order valence-electron chi connectivity index (χ4n) is 3.80. The zero-order valence-electron chi connectivity index (χ0n) is 17.8. The van der Waals surface area contributed by atoms with Crippen LogP contribution < -0.4 is 5.11 Å². The Morgan fingerprint density at radius 2 is 1.67 bits per heavy atom. The molecule has 2 heterocycles. The summed E-state index contributed by atoms with van der Waals surface area (Å²) in [6.45, 7) is 1.77. The second kappa shape index (κ2) is 8.90. The van der Waals surface area contributed by atoms with Crippen molar-refractivity contribution in [2.75, 3.05) is 6.54 Å². The Balaban J connectivity index is 2.30. The standard InChI is InChI=1S/C20H15F9N2O4S/c1-8-3-2-6-31(8)15(32)12-13(36-14(30-12)16(33)34)10-5-4-9(7-11(10)18(21,22)23)17(35,19(24,25)26)20(27,28)29/h4-5,7-8,35H,2-3,6H2,1H3,(H,33,34)/p-1. The number of amides is 1. The molecular weight excluding hydrogens is 535 g/mol. The molecule has 1 fully saturated rings. The zero-order valence-corrected chi connectivity index (χ0v) is 18.6. The van der Waals surface area contributed by atoms with E-state index in [2.05, 4.69) is 4.98 Å². The quantitative estimate of drug-likeness (QED) is 0.580. The number of aromatic nitrogens is 1. The smallest absolute Gasteiger partial charge is 0.430 e. The Kier molecular flexibility index (Phi) is 6.85. The zero-order chi connectivity index (χ0) is 27.4. The van der Waals surface area contributed by atoms with Crippen LogP contribution in [0.15, 0.2) is 18.2 Å². The SMILES string of the molecule is CC1CCCN1C(=O)c1nc(C(=O)[O-])sc1-c1ccc(C(O)(C(F)(F)F)C(F)(F)F)cc1C(F)(F)F. The average Bonchev–Trinajstić information content (AvgIpc) is 3.36. The maximum absolute atomic E-state index is 13.9. The molecule has 2 aromatic rings. The van der Waals surface area contributed by atoms with E-state index >= 15 is 0 Å². The summed E-state index contributed by atoms with van der Waals surface area (Å²) in [5.41, 5.74) is -11.8. The van der Waals surface area contributed by atoms with E-state index in [1.807, 2.05) is 0 Å². The van der Waals surface area contributed by atoms with Gasteiger partial charge in [-0.15, -0.1) is 11.3 Å². The fourth-order valence-corrected chi connectivity index (χ4v) is 4.73. The number of hydrogen-bond acceptors (Lipinski definition) is 6. The van der Waals surface area contributed by atoms with Crippen molar-refractivity contribution in [2.45, 2.75) is 49.9 Å². The molecule has 1 unspecified atom stereocenters. The van der Waals surface area contributed by atoms with Gasteiger partial charge < -0.3 is 19.9 Å². The van der Waals surface area contributed by atoms with Gasteiger partial charge in [-0.2, -0.15) is 39.5 Å². The van der Waals surface area contributed by atoms with Crippen molar-refractivity contribution in [3.63, 3.8) is 0 Å². The van der Waals surface area contributed by atoms with E-state index < -0.39 is 80.4 Å². The number of aromatic carboxylic acids is 1. The molecule has 1 aliphatic heterocycles. The predicted molar refractivity (Wildman–Crippen MR) is 103 cm³/mol. The van der Waals surface area contributed by atoms with E-state index in [4.69, 9.17) is 0 Å². The lowest BCUT2D eigenvalue weighted by atomic mass is 9.88. The summed E-state index contributed by atoms with van der Waals surface area (Å²) >= 11 is 0.0362. The molecule has 1 aliphatic rings. The Labute approximate surface area is 200 Å². The molecule has 1 aromatic heterocycles. The number of carbonyl (C=O) groups is 2. The van der Waals surface area contributed by atoms with Crippen LogP contribution in [0.3, 0.4) is 0 Å². The lowest BCUT2D eigenvalue weighted by Crippen LogP contribution is -2.54. The molecule has 6 nitrogen and oxygen atoms in total. The van der Waals surface area contributed by atoms with Gasteiger partial charge in [0, 0.05) is 23.7 Å². The molecule has 0 saturated carbocycles. The largest absolute Gasteiger partial charge is 0.542 e. The van der Waals surface area contributed by atoms with Gasteiger partial charge in [0.2, 0.25) is 0 Å². The van der Waals surface area contributed by atoms with Crippen molar-refractivity contribution in [2.24, 2.45) is 0 Å².